The maximum atomic E-state index is 12.9. The lowest BCUT2D eigenvalue weighted by Crippen LogP contribution is -2.50. The fourth-order valence-electron chi connectivity index (χ4n) is 3.78. The monoisotopic (exact) mass is 459 g/mol. The summed E-state index contributed by atoms with van der Waals surface area (Å²) in [5.41, 5.74) is 1.17. The maximum absolute atomic E-state index is 12.9. The molecule has 11 heteroatoms. The highest BCUT2D eigenvalue weighted by atomic mass is 19.4. The molecule has 2 amide bonds. The van der Waals surface area contributed by atoms with Crippen molar-refractivity contribution in [3.8, 4) is 5.82 Å². The summed E-state index contributed by atoms with van der Waals surface area (Å²) < 4.78 is 40.5. The molecule has 1 saturated heterocycles. The van der Waals surface area contributed by atoms with Crippen LogP contribution < -0.4 is 10.2 Å². The normalized spacial score (nSPS) is 14.5. The van der Waals surface area contributed by atoms with E-state index in [1.165, 1.54) is 12.1 Å². The smallest absolute Gasteiger partial charge is 0.353 e. The number of aromatic nitrogens is 4. The number of hydrogen-bond acceptors (Lipinski definition) is 5. The zero-order valence-electron chi connectivity index (χ0n) is 18.5. The van der Waals surface area contributed by atoms with E-state index >= 15 is 0 Å². The molecule has 3 aromatic rings. The SMILES string of the molecule is Cc1cc(C)n(-c2cc(N3CCN(C(=O)Nc4cccc(C(F)(F)F)c4)CC3)nc(C)n2)n1. The lowest BCUT2D eigenvalue weighted by Gasteiger charge is -2.35. The number of benzene rings is 1. The summed E-state index contributed by atoms with van der Waals surface area (Å²) in [4.78, 5) is 25.2. The number of aryl methyl sites for hydroxylation is 3. The number of carbonyl (C=O) groups is 1. The molecule has 0 saturated carbocycles. The van der Waals surface area contributed by atoms with Crippen molar-refractivity contribution in [2.45, 2.75) is 26.9 Å². The second kappa shape index (κ2) is 8.72. The lowest BCUT2D eigenvalue weighted by atomic mass is 10.2. The van der Waals surface area contributed by atoms with E-state index in [1.54, 1.807) is 9.58 Å². The lowest BCUT2D eigenvalue weighted by molar-refractivity contribution is -0.137. The number of nitrogens with zero attached hydrogens (tertiary/aromatic N) is 6. The van der Waals surface area contributed by atoms with Crippen molar-refractivity contribution >= 4 is 17.5 Å². The minimum Gasteiger partial charge on any atom is -0.353 e. The molecule has 174 valence electrons. The Bertz CT molecular complexity index is 1170. The Kier molecular flexibility index (Phi) is 5.96. The summed E-state index contributed by atoms with van der Waals surface area (Å²) in [5, 5.41) is 7.04. The number of hydrogen-bond donors (Lipinski definition) is 1. The third-order valence-corrected chi connectivity index (χ3v) is 5.37. The van der Waals surface area contributed by atoms with Gasteiger partial charge in [-0.1, -0.05) is 6.07 Å². The van der Waals surface area contributed by atoms with Gasteiger partial charge in [0.25, 0.3) is 0 Å². The molecule has 4 rings (SSSR count). The fraction of sp³-hybridized carbons (Fsp3) is 0.364. The van der Waals surface area contributed by atoms with Gasteiger partial charge in [-0.05, 0) is 45.0 Å². The number of halogens is 3. The molecule has 0 unspecified atom stereocenters. The number of amides is 2. The second-order valence-electron chi connectivity index (χ2n) is 7.95. The minimum atomic E-state index is -4.46. The van der Waals surface area contributed by atoms with Gasteiger partial charge in [0.2, 0.25) is 0 Å². The van der Waals surface area contributed by atoms with Crippen molar-refractivity contribution in [2.75, 3.05) is 36.4 Å². The number of alkyl halides is 3. The number of urea groups is 1. The Hall–Kier alpha value is -3.63. The van der Waals surface area contributed by atoms with Crippen LogP contribution in [0.5, 0.6) is 0 Å². The van der Waals surface area contributed by atoms with Crippen LogP contribution >= 0.6 is 0 Å². The van der Waals surface area contributed by atoms with Crippen LogP contribution in [-0.4, -0.2) is 56.9 Å². The summed E-state index contributed by atoms with van der Waals surface area (Å²) >= 11 is 0. The zero-order chi connectivity index (χ0) is 23.8. The molecule has 0 bridgehead atoms. The third kappa shape index (κ3) is 5.07. The summed E-state index contributed by atoms with van der Waals surface area (Å²) in [6.45, 7) is 7.57. The average Bonchev–Trinajstić information content (AvgIpc) is 3.11. The highest BCUT2D eigenvalue weighted by Crippen LogP contribution is 2.30. The first kappa shape index (κ1) is 22.6. The minimum absolute atomic E-state index is 0.109. The van der Waals surface area contributed by atoms with Gasteiger partial charge in [0.1, 0.15) is 11.6 Å². The van der Waals surface area contributed by atoms with Crippen molar-refractivity contribution in [3.63, 3.8) is 0 Å². The predicted octanol–water partition coefficient (Wildman–Crippen LogP) is 3.96. The predicted molar refractivity (Wildman–Crippen MR) is 118 cm³/mol. The molecule has 2 aromatic heterocycles. The van der Waals surface area contributed by atoms with Gasteiger partial charge in [0, 0.05) is 43.6 Å². The Morgan fingerprint density at radius 2 is 1.67 bits per heavy atom. The molecule has 8 nitrogen and oxygen atoms in total. The standard InChI is InChI=1S/C22H24F3N7O/c1-14-11-15(2)32(29-14)20-13-19(26-16(3)27-20)30-7-9-31(10-8-30)21(33)28-18-6-4-5-17(12-18)22(23,24)25/h4-6,11-13H,7-10H2,1-3H3,(H,28,33). The van der Waals surface area contributed by atoms with Crippen LogP contribution in [0.1, 0.15) is 22.8 Å². The van der Waals surface area contributed by atoms with Gasteiger partial charge >= 0.3 is 12.2 Å². The second-order valence-corrected chi connectivity index (χ2v) is 7.95. The van der Waals surface area contributed by atoms with Gasteiger partial charge in [0.05, 0.1) is 11.3 Å². The average molecular weight is 459 g/mol. The van der Waals surface area contributed by atoms with Crippen molar-refractivity contribution in [1.29, 1.82) is 0 Å². The van der Waals surface area contributed by atoms with Gasteiger partial charge in [-0.25, -0.2) is 19.4 Å². The van der Waals surface area contributed by atoms with Crippen LogP contribution in [-0.2, 0) is 6.18 Å². The van der Waals surface area contributed by atoms with Crippen LogP contribution in [0, 0.1) is 20.8 Å². The van der Waals surface area contributed by atoms with Crippen molar-refractivity contribution < 1.29 is 18.0 Å². The fourth-order valence-corrected chi connectivity index (χ4v) is 3.78. The van der Waals surface area contributed by atoms with E-state index in [0.717, 1.165) is 29.3 Å². The number of carbonyl (C=O) groups excluding carboxylic acids is 1. The number of piperazine rings is 1. The first-order chi connectivity index (χ1) is 15.6. The maximum Gasteiger partial charge on any atom is 0.416 e. The van der Waals surface area contributed by atoms with Gasteiger partial charge in [-0.15, -0.1) is 0 Å². The Labute approximate surface area is 189 Å². The van der Waals surface area contributed by atoms with Crippen molar-refractivity contribution in [1.82, 2.24) is 24.6 Å². The van der Waals surface area contributed by atoms with Crippen LogP contribution in [0.2, 0.25) is 0 Å². The molecule has 33 heavy (non-hydrogen) atoms. The molecule has 0 atom stereocenters. The Balaban J connectivity index is 1.42. The van der Waals surface area contributed by atoms with E-state index in [2.05, 4.69) is 25.3 Å². The first-order valence-corrected chi connectivity index (χ1v) is 10.5. The van der Waals surface area contributed by atoms with E-state index < -0.39 is 17.8 Å². The van der Waals surface area contributed by atoms with E-state index in [9.17, 15) is 18.0 Å². The summed E-state index contributed by atoms with van der Waals surface area (Å²) in [5.74, 6) is 2.02. The molecule has 0 aliphatic carbocycles. The molecule has 0 radical (unpaired) electrons. The summed E-state index contributed by atoms with van der Waals surface area (Å²) in [6.07, 6.45) is -4.46. The first-order valence-electron chi connectivity index (χ1n) is 10.5. The van der Waals surface area contributed by atoms with Gasteiger partial charge < -0.3 is 15.1 Å². The topological polar surface area (TPSA) is 79.2 Å². The Morgan fingerprint density at radius 1 is 0.970 bits per heavy atom. The van der Waals surface area contributed by atoms with Crippen molar-refractivity contribution in [3.05, 3.63) is 59.2 Å². The van der Waals surface area contributed by atoms with Gasteiger partial charge in [-0.3, -0.25) is 0 Å². The van der Waals surface area contributed by atoms with E-state index in [1.807, 2.05) is 32.9 Å². The molecular weight excluding hydrogens is 435 g/mol. The van der Waals surface area contributed by atoms with Crippen LogP contribution in [0.15, 0.2) is 36.4 Å². The number of rotatable bonds is 3. The van der Waals surface area contributed by atoms with Crippen LogP contribution in [0.3, 0.4) is 0 Å². The highest BCUT2D eigenvalue weighted by molar-refractivity contribution is 5.89. The Morgan fingerprint density at radius 3 is 2.30 bits per heavy atom. The molecule has 1 aliphatic heterocycles. The summed E-state index contributed by atoms with van der Waals surface area (Å²) in [7, 11) is 0. The molecular formula is C22H24F3N7O. The highest BCUT2D eigenvalue weighted by Gasteiger charge is 2.31. The number of nitrogens with one attached hydrogen (secondary N) is 1. The van der Waals surface area contributed by atoms with Crippen LogP contribution in [0.25, 0.3) is 5.82 Å². The third-order valence-electron chi connectivity index (χ3n) is 5.37. The molecule has 1 aromatic carbocycles. The van der Waals surface area contributed by atoms with Gasteiger partial charge in [-0.2, -0.15) is 18.3 Å². The zero-order valence-corrected chi connectivity index (χ0v) is 18.5. The van der Waals surface area contributed by atoms with Gasteiger partial charge in [0.15, 0.2) is 5.82 Å². The van der Waals surface area contributed by atoms with E-state index in [-0.39, 0.29) is 5.69 Å². The van der Waals surface area contributed by atoms with Crippen LogP contribution in [0.4, 0.5) is 29.5 Å². The van der Waals surface area contributed by atoms with Crippen molar-refractivity contribution in [2.24, 2.45) is 0 Å². The molecule has 1 N–H and O–H groups in total. The molecule has 1 fully saturated rings. The largest absolute Gasteiger partial charge is 0.416 e. The molecule has 3 heterocycles. The van der Waals surface area contributed by atoms with E-state index in [0.29, 0.717) is 37.8 Å². The molecule has 1 aliphatic rings. The quantitative estimate of drug-likeness (QED) is 0.642. The number of anilines is 2. The van der Waals surface area contributed by atoms with E-state index in [4.69, 9.17) is 0 Å². The summed E-state index contributed by atoms with van der Waals surface area (Å²) in [6, 6.07) is 8.01. The molecule has 0 spiro atoms.